The van der Waals surface area contributed by atoms with E-state index in [-0.39, 0.29) is 17.4 Å². The molecule has 1 aliphatic rings. The Morgan fingerprint density at radius 1 is 1.47 bits per heavy atom. The van der Waals surface area contributed by atoms with Crippen molar-refractivity contribution in [1.29, 1.82) is 0 Å². The van der Waals surface area contributed by atoms with Gasteiger partial charge in [-0.15, -0.1) is 0 Å². The Labute approximate surface area is 99.4 Å². The average molecular weight is 237 g/mol. The number of urea groups is 1. The molecule has 0 saturated heterocycles. The fourth-order valence-corrected chi connectivity index (χ4v) is 1.95. The van der Waals surface area contributed by atoms with Crippen LogP contribution >= 0.6 is 0 Å². The van der Waals surface area contributed by atoms with Crippen molar-refractivity contribution in [3.8, 4) is 0 Å². The van der Waals surface area contributed by atoms with Crippen molar-refractivity contribution < 1.29 is 9.18 Å². The molecule has 0 aromatic heterocycles. The number of hydrogen-bond acceptors (Lipinski definition) is 2. The second kappa shape index (κ2) is 4.71. The van der Waals surface area contributed by atoms with Gasteiger partial charge in [-0.25, -0.2) is 9.18 Å². The third-order valence-electron chi connectivity index (χ3n) is 3.16. The van der Waals surface area contributed by atoms with Crippen molar-refractivity contribution in [2.75, 3.05) is 11.9 Å². The molecule has 4 nitrogen and oxygen atoms in total. The SMILES string of the molecule is NCC1(NC(=O)Nc2cccc(F)c2)CCC1. The summed E-state index contributed by atoms with van der Waals surface area (Å²) in [6.07, 6.45) is 2.89. The van der Waals surface area contributed by atoms with Crippen LogP contribution in [-0.4, -0.2) is 18.1 Å². The molecule has 0 bridgehead atoms. The Balaban J connectivity index is 1.93. The van der Waals surface area contributed by atoms with Gasteiger partial charge >= 0.3 is 6.03 Å². The molecule has 17 heavy (non-hydrogen) atoms. The highest BCUT2D eigenvalue weighted by molar-refractivity contribution is 5.89. The Morgan fingerprint density at radius 2 is 2.24 bits per heavy atom. The second-order valence-electron chi connectivity index (χ2n) is 4.43. The van der Waals surface area contributed by atoms with Gasteiger partial charge in [0, 0.05) is 12.2 Å². The summed E-state index contributed by atoms with van der Waals surface area (Å²) < 4.78 is 12.9. The maximum Gasteiger partial charge on any atom is 0.319 e. The minimum Gasteiger partial charge on any atom is -0.331 e. The van der Waals surface area contributed by atoms with Crippen LogP contribution in [0.15, 0.2) is 24.3 Å². The van der Waals surface area contributed by atoms with E-state index >= 15 is 0 Å². The van der Waals surface area contributed by atoms with Gasteiger partial charge in [-0.1, -0.05) is 6.07 Å². The molecule has 2 amide bonds. The van der Waals surface area contributed by atoms with Crippen molar-refractivity contribution in [2.24, 2.45) is 5.73 Å². The smallest absolute Gasteiger partial charge is 0.319 e. The Morgan fingerprint density at radius 3 is 2.76 bits per heavy atom. The van der Waals surface area contributed by atoms with Gasteiger partial charge in [0.25, 0.3) is 0 Å². The summed E-state index contributed by atoms with van der Waals surface area (Å²) in [4.78, 5) is 11.7. The zero-order valence-electron chi connectivity index (χ0n) is 9.50. The summed E-state index contributed by atoms with van der Waals surface area (Å²) in [7, 11) is 0. The lowest BCUT2D eigenvalue weighted by atomic mass is 9.77. The van der Waals surface area contributed by atoms with E-state index in [4.69, 9.17) is 5.73 Å². The van der Waals surface area contributed by atoms with Crippen molar-refractivity contribution in [3.63, 3.8) is 0 Å². The number of halogens is 1. The van der Waals surface area contributed by atoms with Crippen molar-refractivity contribution in [1.82, 2.24) is 5.32 Å². The van der Waals surface area contributed by atoms with Crippen LogP contribution in [0.25, 0.3) is 0 Å². The Bertz CT molecular complexity index is 412. The van der Waals surface area contributed by atoms with Crippen LogP contribution in [0.5, 0.6) is 0 Å². The van der Waals surface area contributed by atoms with Gasteiger partial charge in [-0.2, -0.15) is 0 Å². The molecule has 4 N–H and O–H groups in total. The van der Waals surface area contributed by atoms with E-state index in [1.54, 1.807) is 12.1 Å². The highest BCUT2D eigenvalue weighted by Gasteiger charge is 2.36. The first kappa shape index (κ1) is 11.9. The molecule has 1 aromatic rings. The van der Waals surface area contributed by atoms with Crippen LogP contribution in [0.3, 0.4) is 0 Å². The van der Waals surface area contributed by atoms with Crippen molar-refractivity contribution in [2.45, 2.75) is 24.8 Å². The van der Waals surface area contributed by atoms with Gasteiger partial charge in [0.1, 0.15) is 5.82 Å². The molecule has 0 radical (unpaired) electrons. The summed E-state index contributed by atoms with van der Waals surface area (Å²) in [6.45, 7) is 0.434. The molecule has 1 aliphatic carbocycles. The largest absolute Gasteiger partial charge is 0.331 e. The number of rotatable bonds is 3. The van der Waals surface area contributed by atoms with Crippen LogP contribution < -0.4 is 16.4 Å². The quantitative estimate of drug-likeness (QED) is 0.750. The normalized spacial score (nSPS) is 17.1. The number of carbonyl (C=O) groups excluding carboxylic acids is 1. The fraction of sp³-hybridized carbons (Fsp3) is 0.417. The van der Waals surface area contributed by atoms with Crippen LogP contribution in [0, 0.1) is 5.82 Å². The predicted octanol–water partition coefficient (Wildman–Crippen LogP) is 1.83. The number of anilines is 1. The number of amides is 2. The van der Waals surface area contributed by atoms with E-state index in [0.29, 0.717) is 12.2 Å². The first-order valence-corrected chi connectivity index (χ1v) is 5.68. The number of hydrogen-bond donors (Lipinski definition) is 3. The summed E-state index contributed by atoms with van der Waals surface area (Å²) >= 11 is 0. The maximum absolute atomic E-state index is 12.9. The van der Waals surface area contributed by atoms with E-state index in [2.05, 4.69) is 10.6 Å². The summed E-state index contributed by atoms with van der Waals surface area (Å²) in [6, 6.07) is 5.46. The molecule has 0 unspecified atom stereocenters. The van der Waals surface area contributed by atoms with Crippen LogP contribution in [0.2, 0.25) is 0 Å². The summed E-state index contributed by atoms with van der Waals surface area (Å²) in [5.41, 5.74) is 5.80. The standard InChI is InChI=1S/C12H16FN3O/c13-9-3-1-4-10(7-9)15-11(17)16-12(8-14)5-2-6-12/h1,3-4,7H,2,5-6,8,14H2,(H2,15,16,17). The second-order valence-corrected chi connectivity index (χ2v) is 4.43. The fourth-order valence-electron chi connectivity index (χ4n) is 1.95. The third-order valence-corrected chi connectivity index (χ3v) is 3.16. The predicted molar refractivity (Wildman–Crippen MR) is 64.2 cm³/mol. The van der Waals surface area contributed by atoms with Gasteiger partial charge in [-0.05, 0) is 37.5 Å². The van der Waals surface area contributed by atoms with Gasteiger partial charge in [0.15, 0.2) is 0 Å². The molecule has 1 saturated carbocycles. The first-order chi connectivity index (χ1) is 8.13. The van der Waals surface area contributed by atoms with E-state index in [1.165, 1.54) is 12.1 Å². The van der Waals surface area contributed by atoms with E-state index in [1.807, 2.05) is 0 Å². The number of nitrogens with one attached hydrogen (secondary N) is 2. The van der Waals surface area contributed by atoms with Gasteiger partial charge in [-0.3, -0.25) is 0 Å². The van der Waals surface area contributed by atoms with Crippen LogP contribution in [0.1, 0.15) is 19.3 Å². The molecule has 0 aliphatic heterocycles. The molecule has 2 rings (SSSR count). The zero-order chi connectivity index (χ0) is 12.3. The minimum absolute atomic E-state index is 0.266. The minimum atomic E-state index is -0.375. The average Bonchev–Trinajstić information content (AvgIpc) is 2.23. The summed E-state index contributed by atoms with van der Waals surface area (Å²) in [5.74, 6) is -0.375. The van der Waals surface area contributed by atoms with Crippen LogP contribution in [-0.2, 0) is 0 Å². The molecule has 92 valence electrons. The lowest BCUT2D eigenvalue weighted by molar-refractivity contribution is 0.190. The Hall–Kier alpha value is -1.62. The highest BCUT2D eigenvalue weighted by atomic mass is 19.1. The van der Waals surface area contributed by atoms with Crippen molar-refractivity contribution in [3.05, 3.63) is 30.1 Å². The zero-order valence-corrected chi connectivity index (χ0v) is 9.50. The van der Waals surface area contributed by atoms with E-state index < -0.39 is 0 Å². The highest BCUT2D eigenvalue weighted by Crippen LogP contribution is 2.30. The monoisotopic (exact) mass is 237 g/mol. The van der Waals surface area contributed by atoms with E-state index in [0.717, 1.165) is 19.3 Å². The molecule has 5 heteroatoms. The molecular formula is C12H16FN3O. The van der Waals surface area contributed by atoms with Gasteiger partial charge in [0.2, 0.25) is 0 Å². The Kier molecular flexibility index (Phi) is 3.28. The van der Waals surface area contributed by atoms with Gasteiger partial charge < -0.3 is 16.4 Å². The van der Waals surface area contributed by atoms with Gasteiger partial charge in [0.05, 0.1) is 5.54 Å². The molecule has 1 fully saturated rings. The van der Waals surface area contributed by atoms with Crippen molar-refractivity contribution >= 4 is 11.7 Å². The summed E-state index contributed by atoms with van der Waals surface area (Å²) in [5, 5.41) is 5.45. The third kappa shape index (κ3) is 2.74. The topological polar surface area (TPSA) is 67.1 Å². The number of carbonyl (C=O) groups is 1. The molecule has 0 heterocycles. The molecular weight excluding hydrogens is 221 g/mol. The first-order valence-electron chi connectivity index (χ1n) is 5.68. The number of benzene rings is 1. The molecule has 0 atom stereocenters. The lowest BCUT2D eigenvalue weighted by Gasteiger charge is -2.41. The maximum atomic E-state index is 12.9. The molecule has 0 spiro atoms. The van der Waals surface area contributed by atoms with Crippen LogP contribution in [0.4, 0.5) is 14.9 Å². The molecule has 1 aromatic carbocycles. The lowest BCUT2D eigenvalue weighted by Crippen LogP contribution is -2.59. The number of nitrogens with two attached hydrogens (primary N) is 1. The van der Waals surface area contributed by atoms with E-state index in [9.17, 15) is 9.18 Å².